The Balaban J connectivity index is 2.39. The molecule has 0 aromatic rings. The van der Waals surface area contributed by atoms with Crippen LogP contribution in [0.4, 0.5) is 0 Å². The summed E-state index contributed by atoms with van der Waals surface area (Å²) >= 11 is 0. The van der Waals surface area contributed by atoms with Gasteiger partial charge in [-0.05, 0) is 39.7 Å². The van der Waals surface area contributed by atoms with Gasteiger partial charge >= 0.3 is 0 Å². The van der Waals surface area contributed by atoms with Crippen LogP contribution in [0.5, 0.6) is 0 Å². The molecule has 0 saturated heterocycles. The van der Waals surface area contributed by atoms with E-state index in [4.69, 9.17) is 9.47 Å². The molecule has 0 saturated carbocycles. The van der Waals surface area contributed by atoms with Crippen molar-refractivity contribution in [3.8, 4) is 0 Å². The van der Waals surface area contributed by atoms with E-state index in [9.17, 15) is 0 Å². The van der Waals surface area contributed by atoms with Crippen molar-refractivity contribution in [3.63, 3.8) is 0 Å². The number of methoxy groups -OCH3 is 1. The Morgan fingerprint density at radius 2 is 2.06 bits per heavy atom. The SMILES string of the molecule is COC1(C)CC=CC(C2=NC(C)(C)CO2)=C1C. The van der Waals surface area contributed by atoms with E-state index in [1.807, 2.05) is 0 Å². The van der Waals surface area contributed by atoms with Crippen LogP contribution in [-0.4, -0.2) is 30.8 Å². The van der Waals surface area contributed by atoms with Gasteiger partial charge in [0.15, 0.2) is 0 Å². The molecule has 0 spiro atoms. The van der Waals surface area contributed by atoms with Crippen LogP contribution in [0, 0.1) is 0 Å². The first-order valence-electron chi connectivity index (χ1n) is 6.04. The molecule has 1 unspecified atom stereocenters. The van der Waals surface area contributed by atoms with Crippen LogP contribution in [-0.2, 0) is 9.47 Å². The van der Waals surface area contributed by atoms with Crippen LogP contribution < -0.4 is 0 Å². The van der Waals surface area contributed by atoms with Gasteiger partial charge in [0.2, 0.25) is 5.90 Å². The second kappa shape index (κ2) is 3.98. The summed E-state index contributed by atoms with van der Waals surface area (Å²) in [5.41, 5.74) is 1.92. The van der Waals surface area contributed by atoms with E-state index in [1.54, 1.807) is 7.11 Å². The third-order valence-corrected chi connectivity index (χ3v) is 3.64. The zero-order valence-corrected chi connectivity index (χ0v) is 11.3. The van der Waals surface area contributed by atoms with Crippen molar-refractivity contribution < 1.29 is 9.47 Å². The maximum atomic E-state index is 5.70. The third kappa shape index (κ3) is 2.16. The number of rotatable bonds is 2. The molecule has 1 aliphatic carbocycles. The van der Waals surface area contributed by atoms with Gasteiger partial charge in [0.1, 0.15) is 6.61 Å². The molecule has 1 heterocycles. The smallest absolute Gasteiger partial charge is 0.216 e. The molecule has 1 atom stereocenters. The maximum absolute atomic E-state index is 5.70. The fourth-order valence-electron chi connectivity index (χ4n) is 2.16. The Hall–Kier alpha value is -1.09. The molecular formula is C14H21NO2. The Bertz CT molecular complexity index is 418. The molecule has 94 valence electrons. The fraction of sp³-hybridized carbons (Fsp3) is 0.643. The highest BCUT2D eigenvalue weighted by atomic mass is 16.5. The molecule has 2 aliphatic rings. The van der Waals surface area contributed by atoms with Gasteiger partial charge in [0.25, 0.3) is 0 Å². The summed E-state index contributed by atoms with van der Waals surface area (Å²) in [4.78, 5) is 4.62. The monoisotopic (exact) mass is 235 g/mol. The summed E-state index contributed by atoms with van der Waals surface area (Å²) < 4.78 is 11.3. The molecule has 3 nitrogen and oxygen atoms in total. The highest BCUT2D eigenvalue weighted by Crippen LogP contribution is 2.34. The Morgan fingerprint density at radius 1 is 1.35 bits per heavy atom. The normalized spacial score (nSPS) is 31.5. The molecular weight excluding hydrogens is 214 g/mol. The first-order valence-corrected chi connectivity index (χ1v) is 6.04. The fourth-order valence-corrected chi connectivity index (χ4v) is 2.16. The average molecular weight is 235 g/mol. The lowest BCUT2D eigenvalue weighted by Gasteiger charge is -2.32. The van der Waals surface area contributed by atoms with E-state index >= 15 is 0 Å². The predicted molar refractivity (Wildman–Crippen MR) is 69.3 cm³/mol. The van der Waals surface area contributed by atoms with Crippen molar-refractivity contribution in [2.75, 3.05) is 13.7 Å². The number of hydrogen-bond acceptors (Lipinski definition) is 3. The highest BCUT2D eigenvalue weighted by molar-refractivity contribution is 5.98. The van der Waals surface area contributed by atoms with Crippen LogP contribution in [0.25, 0.3) is 0 Å². The topological polar surface area (TPSA) is 30.8 Å². The second-order valence-corrected chi connectivity index (χ2v) is 5.60. The Labute approximate surface area is 103 Å². The Morgan fingerprint density at radius 3 is 2.59 bits per heavy atom. The van der Waals surface area contributed by atoms with Crippen LogP contribution in [0.2, 0.25) is 0 Å². The van der Waals surface area contributed by atoms with Gasteiger partial charge in [-0.15, -0.1) is 0 Å². The Kier molecular flexibility index (Phi) is 2.90. The minimum Gasteiger partial charge on any atom is -0.475 e. The van der Waals surface area contributed by atoms with Crippen molar-refractivity contribution in [1.82, 2.24) is 0 Å². The van der Waals surface area contributed by atoms with Gasteiger partial charge in [-0.2, -0.15) is 0 Å². The predicted octanol–water partition coefficient (Wildman–Crippen LogP) is 2.88. The summed E-state index contributed by atoms with van der Waals surface area (Å²) in [6.07, 6.45) is 5.12. The van der Waals surface area contributed by atoms with Gasteiger partial charge in [-0.3, -0.25) is 0 Å². The molecule has 0 radical (unpaired) electrons. The zero-order chi connectivity index (χ0) is 12.7. The van der Waals surface area contributed by atoms with Gasteiger partial charge < -0.3 is 9.47 Å². The summed E-state index contributed by atoms with van der Waals surface area (Å²) in [6.45, 7) is 9.01. The number of ether oxygens (including phenoxy) is 2. The zero-order valence-electron chi connectivity index (χ0n) is 11.3. The largest absolute Gasteiger partial charge is 0.475 e. The standard InChI is InChI=1S/C14H21NO2/c1-10-11(7-6-8-14(10,4)16-5)12-15-13(2,3)9-17-12/h6-7H,8-9H2,1-5H3. The van der Waals surface area contributed by atoms with Crippen LogP contribution in [0.15, 0.2) is 28.3 Å². The molecule has 0 bridgehead atoms. The highest BCUT2D eigenvalue weighted by Gasteiger charge is 2.34. The van der Waals surface area contributed by atoms with Gasteiger partial charge in [-0.1, -0.05) is 12.2 Å². The van der Waals surface area contributed by atoms with Gasteiger partial charge in [0, 0.05) is 12.7 Å². The van der Waals surface area contributed by atoms with E-state index in [0.29, 0.717) is 6.61 Å². The molecule has 0 amide bonds. The van der Waals surface area contributed by atoms with E-state index < -0.39 is 0 Å². The lowest BCUT2D eigenvalue weighted by molar-refractivity contribution is 0.0393. The van der Waals surface area contributed by atoms with Crippen molar-refractivity contribution in [3.05, 3.63) is 23.3 Å². The number of hydrogen-bond donors (Lipinski definition) is 0. The van der Waals surface area contributed by atoms with Crippen LogP contribution in [0.3, 0.4) is 0 Å². The summed E-state index contributed by atoms with van der Waals surface area (Å²) in [6, 6.07) is 0. The number of aliphatic imine (C=N–C) groups is 1. The molecule has 1 aliphatic heterocycles. The minimum atomic E-state index is -0.233. The first kappa shape index (κ1) is 12.4. The van der Waals surface area contributed by atoms with E-state index in [-0.39, 0.29) is 11.1 Å². The molecule has 2 rings (SSSR count). The molecule has 0 aromatic heterocycles. The van der Waals surface area contributed by atoms with Gasteiger partial charge in [-0.25, -0.2) is 4.99 Å². The minimum absolute atomic E-state index is 0.114. The quantitative estimate of drug-likeness (QED) is 0.737. The van der Waals surface area contributed by atoms with Crippen LogP contribution in [0.1, 0.15) is 34.1 Å². The third-order valence-electron chi connectivity index (χ3n) is 3.64. The van der Waals surface area contributed by atoms with Crippen molar-refractivity contribution in [2.24, 2.45) is 4.99 Å². The lowest BCUT2D eigenvalue weighted by atomic mass is 9.85. The van der Waals surface area contributed by atoms with Gasteiger partial charge in [0.05, 0.1) is 11.1 Å². The average Bonchev–Trinajstić information content (AvgIpc) is 2.63. The molecule has 0 N–H and O–H groups in total. The lowest BCUT2D eigenvalue weighted by Crippen LogP contribution is -2.32. The second-order valence-electron chi connectivity index (χ2n) is 5.60. The molecule has 3 heteroatoms. The van der Waals surface area contributed by atoms with Crippen molar-refractivity contribution in [2.45, 2.75) is 45.3 Å². The maximum Gasteiger partial charge on any atom is 0.216 e. The summed E-state index contributed by atoms with van der Waals surface area (Å²) in [5.74, 6) is 0.756. The van der Waals surface area contributed by atoms with E-state index in [1.165, 1.54) is 5.57 Å². The first-order chi connectivity index (χ1) is 7.88. The molecule has 0 aromatic carbocycles. The van der Waals surface area contributed by atoms with E-state index in [2.05, 4.69) is 44.8 Å². The summed E-state index contributed by atoms with van der Waals surface area (Å²) in [7, 11) is 1.75. The van der Waals surface area contributed by atoms with E-state index in [0.717, 1.165) is 17.9 Å². The van der Waals surface area contributed by atoms with Crippen LogP contribution >= 0.6 is 0 Å². The molecule has 0 fully saturated rings. The number of nitrogens with zero attached hydrogens (tertiary/aromatic N) is 1. The summed E-state index contributed by atoms with van der Waals surface area (Å²) in [5, 5.41) is 0. The molecule has 17 heavy (non-hydrogen) atoms. The van der Waals surface area contributed by atoms with Crippen molar-refractivity contribution >= 4 is 5.90 Å². The van der Waals surface area contributed by atoms with Crippen molar-refractivity contribution in [1.29, 1.82) is 0 Å².